The second-order valence-corrected chi connectivity index (χ2v) is 9.11. The molecule has 0 spiro atoms. The normalized spacial score (nSPS) is 37.5. The first kappa shape index (κ1) is 21.6. The SMILES string of the molecule is CN=C(NC1C2CCOC2C1(C)C)N1CCC(C2(C)NC(=O)NC2=O)CC1.I. The zero-order valence-corrected chi connectivity index (χ0v) is 19.4. The Hall–Kier alpha value is -1.10. The highest BCUT2D eigenvalue weighted by Crippen LogP contribution is 2.52. The largest absolute Gasteiger partial charge is 0.377 e. The number of halogens is 1. The number of nitrogens with one attached hydrogen (secondary N) is 3. The van der Waals surface area contributed by atoms with Gasteiger partial charge >= 0.3 is 6.03 Å². The minimum atomic E-state index is -0.801. The summed E-state index contributed by atoms with van der Waals surface area (Å²) in [5.74, 6) is 1.41. The molecule has 0 bridgehead atoms. The molecule has 158 valence electrons. The van der Waals surface area contributed by atoms with Crippen LogP contribution in [0.25, 0.3) is 0 Å². The number of rotatable bonds is 2. The summed E-state index contributed by atoms with van der Waals surface area (Å²) in [6.07, 6.45) is 3.14. The Labute approximate surface area is 183 Å². The van der Waals surface area contributed by atoms with Crippen LogP contribution in [0.15, 0.2) is 4.99 Å². The second kappa shape index (κ2) is 7.62. The number of guanidine groups is 1. The molecule has 0 aromatic carbocycles. The van der Waals surface area contributed by atoms with Crippen molar-refractivity contribution in [1.82, 2.24) is 20.9 Å². The van der Waals surface area contributed by atoms with Crippen LogP contribution in [-0.4, -0.2) is 67.2 Å². The number of piperidine rings is 1. The van der Waals surface area contributed by atoms with Gasteiger partial charge in [-0.2, -0.15) is 0 Å². The lowest BCUT2D eigenvalue weighted by atomic mass is 9.57. The lowest BCUT2D eigenvalue weighted by Gasteiger charge is -2.55. The molecule has 4 atom stereocenters. The molecule has 4 fully saturated rings. The number of urea groups is 1. The van der Waals surface area contributed by atoms with E-state index in [1.807, 2.05) is 14.0 Å². The maximum Gasteiger partial charge on any atom is 0.322 e. The number of hydrogen-bond acceptors (Lipinski definition) is 4. The summed E-state index contributed by atoms with van der Waals surface area (Å²) in [6, 6.07) is -0.0122. The molecule has 0 radical (unpaired) electrons. The highest BCUT2D eigenvalue weighted by atomic mass is 127. The van der Waals surface area contributed by atoms with Crippen molar-refractivity contribution in [3.05, 3.63) is 0 Å². The van der Waals surface area contributed by atoms with E-state index in [0.717, 1.165) is 44.9 Å². The molecule has 4 rings (SSSR count). The van der Waals surface area contributed by atoms with Crippen LogP contribution in [0.1, 0.15) is 40.0 Å². The fraction of sp³-hybridized carbons (Fsp3) is 0.842. The number of ether oxygens (including phenoxy) is 1. The predicted molar refractivity (Wildman–Crippen MR) is 117 cm³/mol. The maximum atomic E-state index is 12.2. The third-order valence-electron chi connectivity index (χ3n) is 7.28. The molecule has 0 aromatic heterocycles. The number of nitrogens with zero attached hydrogens (tertiary/aromatic N) is 2. The van der Waals surface area contributed by atoms with Crippen molar-refractivity contribution in [2.24, 2.45) is 22.2 Å². The van der Waals surface area contributed by atoms with E-state index in [0.29, 0.717) is 18.1 Å². The Morgan fingerprint density at radius 3 is 2.46 bits per heavy atom. The molecule has 4 aliphatic rings. The quantitative estimate of drug-likeness (QED) is 0.228. The van der Waals surface area contributed by atoms with Crippen molar-refractivity contribution in [3.8, 4) is 0 Å². The lowest BCUT2D eigenvalue weighted by molar-refractivity contribution is -0.125. The van der Waals surface area contributed by atoms with Gasteiger partial charge < -0.3 is 20.3 Å². The van der Waals surface area contributed by atoms with Crippen molar-refractivity contribution in [2.75, 3.05) is 26.7 Å². The lowest BCUT2D eigenvalue weighted by Crippen LogP contribution is -2.68. The fourth-order valence-corrected chi connectivity index (χ4v) is 5.57. The molecule has 3 amide bonds. The van der Waals surface area contributed by atoms with Crippen molar-refractivity contribution in [2.45, 2.75) is 57.7 Å². The summed E-state index contributed by atoms with van der Waals surface area (Å²) in [7, 11) is 1.83. The van der Waals surface area contributed by atoms with Crippen LogP contribution in [0.2, 0.25) is 0 Å². The van der Waals surface area contributed by atoms with Crippen LogP contribution >= 0.6 is 24.0 Å². The maximum absolute atomic E-state index is 12.2. The van der Waals surface area contributed by atoms with Crippen LogP contribution in [0.4, 0.5) is 4.79 Å². The first-order valence-corrected chi connectivity index (χ1v) is 10.0. The molecule has 0 aromatic rings. The van der Waals surface area contributed by atoms with Gasteiger partial charge in [-0.1, -0.05) is 13.8 Å². The predicted octanol–water partition coefficient (Wildman–Crippen LogP) is 1.30. The summed E-state index contributed by atoms with van der Waals surface area (Å²) >= 11 is 0. The van der Waals surface area contributed by atoms with Crippen molar-refractivity contribution in [1.29, 1.82) is 0 Å². The number of carbonyl (C=O) groups excluding carboxylic acids is 2. The van der Waals surface area contributed by atoms with E-state index in [1.165, 1.54) is 0 Å². The molecule has 3 N–H and O–H groups in total. The van der Waals surface area contributed by atoms with Crippen molar-refractivity contribution < 1.29 is 14.3 Å². The van der Waals surface area contributed by atoms with Crippen LogP contribution in [-0.2, 0) is 9.53 Å². The minimum absolute atomic E-state index is 0. The summed E-state index contributed by atoms with van der Waals surface area (Å²) in [5.41, 5.74) is -0.695. The Morgan fingerprint density at radius 2 is 1.89 bits per heavy atom. The number of aliphatic imine (C=N–C) groups is 1. The number of imide groups is 1. The molecule has 8 nitrogen and oxygen atoms in total. The van der Waals surface area contributed by atoms with Gasteiger partial charge in [0.2, 0.25) is 0 Å². The number of hydrogen-bond donors (Lipinski definition) is 3. The fourth-order valence-electron chi connectivity index (χ4n) is 5.57. The first-order chi connectivity index (χ1) is 12.8. The van der Waals surface area contributed by atoms with Gasteiger partial charge in [0.15, 0.2) is 5.96 Å². The molecule has 1 saturated carbocycles. The van der Waals surface area contributed by atoms with Crippen LogP contribution < -0.4 is 16.0 Å². The van der Waals surface area contributed by atoms with E-state index in [2.05, 4.69) is 39.7 Å². The standard InChI is InChI=1S/C19H31N5O3.HI/c1-18(2)13(12-7-10-27-14(12)18)21-16(20-4)24-8-5-11(6-9-24)19(3)15(25)22-17(26)23-19;/h11-14H,5-10H2,1-4H3,(H,20,21)(H2,22,23,25,26);1H. The second-order valence-electron chi connectivity index (χ2n) is 9.11. The van der Waals surface area contributed by atoms with E-state index in [9.17, 15) is 9.59 Å². The van der Waals surface area contributed by atoms with Gasteiger partial charge in [-0.25, -0.2) is 4.79 Å². The van der Waals surface area contributed by atoms with Crippen molar-refractivity contribution >= 4 is 41.9 Å². The molecular weight excluding hydrogens is 473 g/mol. The topological polar surface area (TPSA) is 95.1 Å². The smallest absolute Gasteiger partial charge is 0.322 e. The zero-order valence-electron chi connectivity index (χ0n) is 17.1. The Kier molecular flexibility index (Phi) is 5.88. The summed E-state index contributed by atoms with van der Waals surface area (Å²) in [6.45, 7) is 8.85. The van der Waals surface area contributed by atoms with E-state index >= 15 is 0 Å². The van der Waals surface area contributed by atoms with E-state index in [4.69, 9.17) is 4.74 Å². The molecule has 3 saturated heterocycles. The van der Waals surface area contributed by atoms with E-state index in [-0.39, 0.29) is 47.2 Å². The van der Waals surface area contributed by atoms with Gasteiger partial charge in [-0.15, -0.1) is 24.0 Å². The molecule has 3 aliphatic heterocycles. The third kappa shape index (κ3) is 3.28. The summed E-state index contributed by atoms with van der Waals surface area (Å²) < 4.78 is 5.89. The summed E-state index contributed by atoms with van der Waals surface area (Å²) in [4.78, 5) is 30.5. The number of amides is 3. The van der Waals surface area contributed by atoms with Crippen LogP contribution in [0.5, 0.6) is 0 Å². The molecule has 28 heavy (non-hydrogen) atoms. The Balaban J connectivity index is 0.00000225. The highest BCUT2D eigenvalue weighted by molar-refractivity contribution is 14.0. The third-order valence-corrected chi connectivity index (χ3v) is 7.28. The van der Waals surface area contributed by atoms with Gasteiger partial charge in [0.05, 0.1) is 6.10 Å². The molecule has 1 aliphatic carbocycles. The highest BCUT2D eigenvalue weighted by Gasteiger charge is 2.59. The number of fused-ring (bicyclic) bond motifs is 1. The number of likely N-dealkylation sites (tertiary alicyclic amines) is 1. The average Bonchev–Trinajstić information content (AvgIpc) is 3.19. The van der Waals surface area contributed by atoms with Gasteiger partial charge in [0.25, 0.3) is 5.91 Å². The van der Waals surface area contributed by atoms with Gasteiger partial charge in [-0.05, 0) is 32.1 Å². The van der Waals surface area contributed by atoms with Crippen molar-refractivity contribution in [3.63, 3.8) is 0 Å². The molecule has 9 heteroatoms. The minimum Gasteiger partial charge on any atom is -0.377 e. The van der Waals surface area contributed by atoms with Crippen LogP contribution in [0.3, 0.4) is 0 Å². The molecular formula is C19H32IN5O3. The van der Waals surface area contributed by atoms with Gasteiger partial charge in [0.1, 0.15) is 5.54 Å². The zero-order chi connectivity index (χ0) is 19.4. The van der Waals surface area contributed by atoms with Gasteiger partial charge in [0, 0.05) is 44.1 Å². The van der Waals surface area contributed by atoms with E-state index < -0.39 is 5.54 Å². The Bertz CT molecular complexity index is 676. The van der Waals surface area contributed by atoms with E-state index in [1.54, 1.807) is 0 Å². The molecule has 4 unspecified atom stereocenters. The Morgan fingerprint density at radius 1 is 1.21 bits per heavy atom. The average molecular weight is 505 g/mol. The number of carbonyl (C=O) groups is 2. The van der Waals surface area contributed by atoms with Gasteiger partial charge in [-0.3, -0.25) is 15.1 Å². The molecule has 3 heterocycles. The first-order valence-electron chi connectivity index (χ1n) is 10.0. The van der Waals surface area contributed by atoms with Crippen LogP contribution in [0, 0.1) is 17.3 Å². The monoisotopic (exact) mass is 505 g/mol. The summed E-state index contributed by atoms with van der Waals surface area (Å²) in [5, 5.41) is 8.88.